The number of rotatable bonds is 8. The molecule has 2 aromatic carbocycles. The second kappa shape index (κ2) is 10.4. The van der Waals surface area contributed by atoms with Gasteiger partial charge in [0.1, 0.15) is 6.04 Å². The largest absolute Gasteiger partial charge is 0.353 e. The fourth-order valence-corrected chi connectivity index (χ4v) is 5.39. The van der Waals surface area contributed by atoms with E-state index in [4.69, 9.17) is 46.4 Å². The summed E-state index contributed by atoms with van der Waals surface area (Å²) in [6, 6.07) is 9.73. The van der Waals surface area contributed by atoms with Crippen molar-refractivity contribution in [3.63, 3.8) is 0 Å². The van der Waals surface area contributed by atoms with E-state index in [1.165, 1.54) is 0 Å². The van der Waals surface area contributed by atoms with Crippen LogP contribution in [0.5, 0.6) is 0 Å². The van der Waals surface area contributed by atoms with Crippen molar-refractivity contribution < 1.29 is 9.59 Å². The first-order valence-electron chi connectivity index (χ1n) is 11.0. The zero-order valence-corrected chi connectivity index (χ0v) is 20.9. The molecule has 4 rings (SSSR count). The van der Waals surface area contributed by atoms with Crippen molar-refractivity contribution in [1.82, 2.24) is 16.0 Å². The lowest BCUT2D eigenvalue weighted by molar-refractivity contribution is -0.130. The molecular formula is C24H25Cl4N3O2. The fraction of sp³-hybridized carbons (Fsp3) is 0.417. The van der Waals surface area contributed by atoms with Gasteiger partial charge in [0.15, 0.2) is 0 Å². The SMILES string of the molecule is O=C(NC[C@H]1CCCN1)[C@H](Cc1ccc(Cl)cc1Cl)NC(=O)C1(c2ccc(Cl)cc2Cl)CC1. The van der Waals surface area contributed by atoms with Crippen LogP contribution in [0.1, 0.15) is 36.8 Å². The number of amides is 2. The molecule has 1 aliphatic carbocycles. The highest BCUT2D eigenvalue weighted by Gasteiger charge is 2.53. The quantitative estimate of drug-likeness (QED) is 0.455. The van der Waals surface area contributed by atoms with Crippen LogP contribution in [0.3, 0.4) is 0 Å². The molecule has 0 aromatic heterocycles. The van der Waals surface area contributed by atoms with Crippen molar-refractivity contribution in [3.8, 4) is 0 Å². The molecule has 1 aliphatic heterocycles. The zero-order chi connectivity index (χ0) is 23.6. The summed E-state index contributed by atoms with van der Waals surface area (Å²) in [5, 5.41) is 11.2. The first-order chi connectivity index (χ1) is 15.8. The second-order valence-electron chi connectivity index (χ2n) is 8.71. The summed E-state index contributed by atoms with van der Waals surface area (Å²) in [7, 11) is 0. The van der Waals surface area contributed by atoms with Crippen LogP contribution in [0.25, 0.3) is 0 Å². The Hall–Kier alpha value is -1.50. The zero-order valence-electron chi connectivity index (χ0n) is 17.9. The van der Waals surface area contributed by atoms with Crippen LogP contribution in [0.15, 0.2) is 36.4 Å². The van der Waals surface area contributed by atoms with Gasteiger partial charge in [-0.15, -0.1) is 0 Å². The minimum atomic E-state index is -0.791. The van der Waals surface area contributed by atoms with Crippen molar-refractivity contribution in [1.29, 1.82) is 0 Å². The summed E-state index contributed by atoms with van der Waals surface area (Å²) in [5.74, 6) is -0.475. The number of carbonyl (C=O) groups is 2. The maximum Gasteiger partial charge on any atom is 0.242 e. The molecule has 2 amide bonds. The van der Waals surface area contributed by atoms with Gasteiger partial charge in [0, 0.05) is 39.1 Å². The molecular weight excluding hydrogens is 504 g/mol. The van der Waals surface area contributed by atoms with E-state index in [2.05, 4.69) is 16.0 Å². The van der Waals surface area contributed by atoms with Crippen molar-refractivity contribution in [3.05, 3.63) is 67.6 Å². The maximum absolute atomic E-state index is 13.4. The summed E-state index contributed by atoms with van der Waals surface area (Å²) < 4.78 is 0. The van der Waals surface area contributed by atoms with Crippen molar-refractivity contribution in [2.24, 2.45) is 0 Å². The third-order valence-electron chi connectivity index (χ3n) is 6.38. The molecule has 176 valence electrons. The molecule has 0 unspecified atom stereocenters. The topological polar surface area (TPSA) is 70.2 Å². The summed E-state index contributed by atoms with van der Waals surface area (Å²) in [4.78, 5) is 26.6. The van der Waals surface area contributed by atoms with Gasteiger partial charge in [-0.2, -0.15) is 0 Å². The Bertz CT molecular complexity index is 1050. The molecule has 0 radical (unpaired) electrons. The lowest BCUT2D eigenvalue weighted by atomic mass is 9.94. The average molecular weight is 529 g/mol. The number of carbonyl (C=O) groups excluding carboxylic acids is 2. The van der Waals surface area contributed by atoms with Gasteiger partial charge in [-0.3, -0.25) is 9.59 Å². The first-order valence-corrected chi connectivity index (χ1v) is 12.5. The molecule has 2 atom stereocenters. The number of benzene rings is 2. The van der Waals surface area contributed by atoms with E-state index in [0.717, 1.165) is 30.5 Å². The third-order valence-corrected chi connectivity index (χ3v) is 7.51. The highest BCUT2D eigenvalue weighted by molar-refractivity contribution is 6.35. The highest BCUT2D eigenvalue weighted by atomic mass is 35.5. The van der Waals surface area contributed by atoms with E-state index in [1.54, 1.807) is 36.4 Å². The summed E-state index contributed by atoms with van der Waals surface area (Å²) in [6.45, 7) is 1.46. The highest BCUT2D eigenvalue weighted by Crippen LogP contribution is 2.51. The molecule has 33 heavy (non-hydrogen) atoms. The molecule has 2 fully saturated rings. The predicted octanol–water partition coefficient (Wildman–Crippen LogP) is 4.93. The number of hydrogen-bond acceptors (Lipinski definition) is 3. The van der Waals surface area contributed by atoms with E-state index in [-0.39, 0.29) is 24.3 Å². The van der Waals surface area contributed by atoms with Crippen molar-refractivity contribution in [2.45, 2.75) is 49.6 Å². The van der Waals surface area contributed by atoms with Crippen LogP contribution >= 0.6 is 46.4 Å². The molecule has 2 aliphatic rings. The van der Waals surface area contributed by atoms with E-state index >= 15 is 0 Å². The molecule has 3 N–H and O–H groups in total. The van der Waals surface area contributed by atoms with Gasteiger partial charge in [-0.25, -0.2) is 0 Å². The van der Waals surface area contributed by atoms with E-state index in [0.29, 0.717) is 39.5 Å². The number of hydrogen-bond donors (Lipinski definition) is 3. The van der Waals surface area contributed by atoms with Crippen LogP contribution < -0.4 is 16.0 Å². The maximum atomic E-state index is 13.4. The second-order valence-corrected chi connectivity index (χ2v) is 10.4. The Kier molecular flexibility index (Phi) is 7.76. The van der Waals surface area contributed by atoms with E-state index < -0.39 is 11.5 Å². The molecule has 1 saturated heterocycles. The molecule has 5 nitrogen and oxygen atoms in total. The summed E-state index contributed by atoms with van der Waals surface area (Å²) in [6.07, 6.45) is 3.66. The van der Waals surface area contributed by atoms with Crippen LogP contribution in [0, 0.1) is 0 Å². The standard InChI is InChI=1S/C24H25Cl4N3O2/c25-15-4-3-14(19(27)11-15)10-21(22(32)30-13-17-2-1-9-29-17)31-23(33)24(7-8-24)18-6-5-16(26)12-20(18)28/h3-6,11-12,17,21,29H,1-2,7-10,13H2,(H,30,32)(H,31,33)/t17-,21+/m1/s1. The smallest absolute Gasteiger partial charge is 0.242 e. The van der Waals surface area contributed by atoms with Gasteiger partial charge in [-0.1, -0.05) is 58.5 Å². The monoisotopic (exact) mass is 527 g/mol. The van der Waals surface area contributed by atoms with Crippen molar-refractivity contribution >= 4 is 58.2 Å². The molecule has 0 bridgehead atoms. The van der Waals surface area contributed by atoms with Crippen molar-refractivity contribution in [2.75, 3.05) is 13.1 Å². The Morgan fingerprint density at radius 2 is 1.73 bits per heavy atom. The molecule has 1 heterocycles. The van der Waals surface area contributed by atoms with Gasteiger partial charge < -0.3 is 16.0 Å². The Labute approximate surface area is 213 Å². The van der Waals surface area contributed by atoms with Gasteiger partial charge in [0.25, 0.3) is 0 Å². The number of nitrogens with one attached hydrogen (secondary N) is 3. The lowest BCUT2D eigenvalue weighted by Gasteiger charge is -2.24. The molecule has 2 aromatic rings. The van der Waals surface area contributed by atoms with Crippen LogP contribution in [0.2, 0.25) is 20.1 Å². The predicted molar refractivity (Wildman–Crippen MR) is 134 cm³/mol. The Balaban J connectivity index is 1.52. The fourth-order valence-electron chi connectivity index (χ4n) is 4.31. The number of halogens is 4. The summed E-state index contributed by atoms with van der Waals surface area (Å²) >= 11 is 24.8. The van der Waals surface area contributed by atoms with Crippen LogP contribution in [-0.2, 0) is 21.4 Å². The van der Waals surface area contributed by atoms with Crippen LogP contribution in [-0.4, -0.2) is 37.0 Å². The third kappa shape index (κ3) is 5.77. The van der Waals surface area contributed by atoms with Crippen LogP contribution in [0.4, 0.5) is 0 Å². The minimum absolute atomic E-state index is 0.226. The van der Waals surface area contributed by atoms with Gasteiger partial charge in [0.05, 0.1) is 5.41 Å². The Morgan fingerprint density at radius 3 is 2.33 bits per heavy atom. The average Bonchev–Trinajstić information content (AvgIpc) is 3.40. The van der Waals surface area contributed by atoms with E-state index in [9.17, 15) is 9.59 Å². The molecule has 0 spiro atoms. The van der Waals surface area contributed by atoms with E-state index in [1.807, 2.05) is 0 Å². The summed E-state index contributed by atoms with van der Waals surface area (Å²) in [5.41, 5.74) is 0.705. The minimum Gasteiger partial charge on any atom is -0.353 e. The van der Waals surface area contributed by atoms with Gasteiger partial charge in [0.2, 0.25) is 11.8 Å². The van der Waals surface area contributed by atoms with Gasteiger partial charge >= 0.3 is 0 Å². The Morgan fingerprint density at radius 1 is 1.03 bits per heavy atom. The normalized spacial score (nSPS) is 19.7. The lowest BCUT2D eigenvalue weighted by Crippen LogP contribution is -2.52. The molecule has 1 saturated carbocycles. The molecule has 9 heteroatoms. The van der Waals surface area contributed by atoms with Gasteiger partial charge in [-0.05, 0) is 67.6 Å². The first kappa shape index (κ1) is 24.6.